The van der Waals surface area contributed by atoms with E-state index in [1.165, 1.54) is 17.6 Å². The van der Waals surface area contributed by atoms with Crippen LogP contribution in [0.2, 0.25) is 10.0 Å². The van der Waals surface area contributed by atoms with Crippen LogP contribution in [0.3, 0.4) is 0 Å². The summed E-state index contributed by atoms with van der Waals surface area (Å²) < 4.78 is 9.53. The maximum atomic E-state index is 12.1. The van der Waals surface area contributed by atoms with Crippen LogP contribution in [0.5, 0.6) is 5.88 Å². The molecule has 1 aromatic carbocycles. The number of amides is 1. The molecule has 0 unspecified atom stereocenters. The van der Waals surface area contributed by atoms with Crippen molar-refractivity contribution in [1.29, 1.82) is 0 Å². The number of hydrogen-bond acceptors (Lipinski definition) is 4. The van der Waals surface area contributed by atoms with E-state index in [0.717, 1.165) is 6.42 Å². The van der Waals surface area contributed by atoms with Crippen molar-refractivity contribution in [3.05, 3.63) is 39.2 Å². The van der Waals surface area contributed by atoms with E-state index < -0.39 is 0 Å². The molecule has 0 saturated carbocycles. The van der Waals surface area contributed by atoms with Gasteiger partial charge in [0.05, 0.1) is 16.7 Å². The fourth-order valence-electron chi connectivity index (χ4n) is 1.44. The van der Waals surface area contributed by atoms with E-state index in [1.54, 1.807) is 17.5 Å². The number of ether oxygens (including phenoxy) is 1. The first kappa shape index (κ1) is 15.1. The van der Waals surface area contributed by atoms with Gasteiger partial charge in [0, 0.05) is 10.9 Å². The first-order valence-corrected chi connectivity index (χ1v) is 7.54. The van der Waals surface area contributed by atoms with Crippen molar-refractivity contribution in [2.75, 3.05) is 11.9 Å². The Morgan fingerprint density at radius 3 is 2.90 bits per heavy atom. The summed E-state index contributed by atoms with van der Waals surface area (Å²) in [6.45, 7) is 2.56. The SMILES string of the molecule is CCCOc1nscc1NC(=O)c1ccc(Cl)c(Cl)c1. The van der Waals surface area contributed by atoms with E-state index in [4.69, 9.17) is 27.9 Å². The second-order valence-corrected chi connectivity index (χ2v) is 5.41. The Morgan fingerprint density at radius 1 is 1.40 bits per heavy atom. The van der Waals surface area contributed by atoms with Gasteiger partial charge < -0.3 is 10.1 Å². The van der Waals surface area contributed by atoms with Crippen LogP contribution in [0.15, 0.2) is 23.6 Å². The van der Waals surface area contributed by atoms with Crippen molar-refractivity contribution in [3.8, 4) is 5.88 Å². The second kappa shape index (κ2) is 6.92. The van der Waals surface area contributed by atoms with Crippen LogP contribution in [-0.2, 0) is 0 Å². The van der Waals surface area contributed by atoms with Crippen LogP contribution < -0.4 is 10.1 Å². The molecule has 1 heterocycles. The largest absolute Gasteiger partial charge is 0.476 e. The predicted octanol–water partition coefficient (Wildman–Crippen LogP) is 4.49. The van der Waals surface area contributed by atoms with Crippen LogP contribution >= 0.6 is 34.7 Å². The molecule has 2 rings (SSSR count). The Kier molecular flexibility index (Phi) is 5.23. The molecule has 0 bridgehead atoms. The lowest BCUT2D eigenvalue weighted by atomic mass is 10.2. The zero-order valence-corrected chi connectivity index (χ0v) is 13.0. The van der Waals surface area contributed by atoms with Gasteiger partial charge in [-0.25, -0.2) is 0 Å². The van der Waals surface area contributed by atoms with Crippen molar-refractivity contribution < 1.29 is 9.53 Å². The quantitative estimate of drug-likeness (QED) is 0.878. The van der Waals surface area contributed by atoms with Crippen molar-refractivity contribution in [1.82, 2.24) is 4.37 Å². The van der Waals surface area contributed by atoms with E-state index in [0.29, 0.717) is 33.8 Å². The molecule has 0 atom stereocenters. The molecular formula is C13H12Cl2N2O2S. The molecule has 1 aromatic heterocycles. The van der Waals surface area contributed by atoms with Gasteiger partial charge in [0.15, 0.2) is 0 Å². The molecule has 0 saturated heterocycles. The average Bonchev–Trinajstić information content (AvgIpc) is 2.86. The normalized spacial score (nSPS) is 10.3. The number of nitrogens with one attached hydrogen (secondary N) is 1. The summed E-state index contributed by atoms with van der Waals surface area (Å²) in [6, 6.07) is 4.71. The second-order valence-electron chi connectivity index (χ2n) is 3.96. The smallest absolute Gasteiger partial charge is 0.255 e. The monoisotopic (exact) mass is 330 g/mol. The molecule has 0 spiro atoms. The molecule has 7 heteroatoms. The van der Waals surface area contributed by atoms with Crippen LogP contribution in [0, 0.1) is 0 Å². The van der Waals surface area contributed by atoms with Gasteiger partial charge in [-0.05, 0) is 36.2 Å². The highest BCUT2D eigenvalue weighted by Gasteiger charge is 2.13. The molecule has 0 radical (unpaired) electrons. The molecule has 1 N–H and O–H groups in total. The minimum absolute atomic E-state index is 0.287. The molecule has 20 heavy (non-hydrogen) atoms. The number of halogens is 2. The number of rotatable bonds is 5. The lowest BCUT2D eigenvalue weighted by Gasteiger charge is -2.07. The molecule has 4 nitrogen and oxygen atoms in total. The van der Waals surface area contributed by atoms with Gasteiger partial charge in [0.2, 0.25) is 5.88 Å². The molecule has 0 aliphatic heterocycles. The summed E-state index contributed by atoms with van der Waals surface area (Å²) in [5.41, 5.74) is 0.978. The highest BCUT2D eigenvalue weighted by atomic mass is 35.5. The van der Waals surface area contributed by atoms with Gasteiger partial charge in [0.1, 0.15) is 5.69 Å². The van der Waals surface area contributed by atoms with Crippen LogP contribution in [0.25, 0.3) is 0 Å². The van der Waals surface area contributed by atoms with E-state index in [-0.39, 0.29) is 5.91 Å². The van der Waals surface area contributed by atoms with Gasteiger partial charge in [-0.2, -0.15) is 4.37 Å². The van der Waals surface area contributed by atoms with Gasteiger partial charge in [-0.1, -0.05) is 30.1 Å². The molecule has 106 valence electrons. The van der Waals surface area contributed by atoms with E-state index in [9.17, 15) is 4.79 Å². The topological polar surface area (TPSA) is 51.2 Å². The number of hydrogen-bond donors (Lipinski definition) is 1. The number of carbonyl (C=O) groups excluding carboxylic acids is 1. The third-order valence-corrected chi connectivity index (χ3v) is 3.76. The van der Waals surface area contributed by atoms with Crippen molar-refractivity contribution in [2.24, 2.45) is 0 Å². The Labute approximate surface area is 130 Å². The van der Waals surface area contributed by atoms with Gasteiger partial charge in [-0.3, -0.25) is 4.79 Å². The zero-order chi connectivity index (χ0) is 14.5. The first-order valence-electron chi connectivity index (χ1n) is 5.95. The minimum Gasteiger partial charge on any atom is -0.476 e. The number of carbonyl (C=O) groups is 1. The highest BCUT2D eigenvalue weighted by molar-refractivity contribution is 7.04. The fourth-order valence-corrected chi connectivity index (χ4v) is 2.31. The summed E-state index contributed by atoms with van der Waals surface area (Å²) in [5, 5.41) is 5.22. The Hall–Kier alpha value is -1.30. The van der Waals surface area contributed by atoms with Crippen molar-refractivity contribution in [3.63, 3.8) is 0 Å². The number of aromatic nitrogens is 1. The molecule has 0 fully saturated rings. The van der Waals surface area contributed by atoms with Crippen LogP contribution in [-0.4, -0.2) is 16.9 Å². The van der Waals surface area contributed by atoms with Crippen LogP contribution in [0.1, 0.15) is 23.7 Å². The lowest BCUT2D eigenvalue weighted by Crippen LogP contribution is -2.12. The summed E-state index contributed by atoms with van der Waals surface area (Å²) in [4.78, 5) is 12.1. The van der Waals surface area contributed by atoms with Gasteiger partial charge >= 0.3 is 0 Å². The lowest BCUT2D eigenvalue weighted by molar-refractivity contribution is 0.102. The maximum Gasteiger partial charge on any atom is 0.255 e. The van der Waals surface area contributed by atoms with Crippen molar-refractivity contribution in [2.45, 2.75) is 13.3 Å². The maximum absolute atomic E-state index is 12.1. The molecular weight excluding hydrogens is 319 g/mol. The molecule has 2 aromatic rings. The number of nitrogens with zero attached hydrogens (tertiary/aromatic N) is 1. The van der Waals surface area contributed by atoms with E-state index >= 15 is 0 Å². The van der Waals surface area contributed by atoms with E-state index in [1.807, 2.05) is 6.92 Å². The van der Waals surface area contributed by atoms with Crippen molar-refractivity contribution >= 4 is 46.3 Å². The predicted molar refractivity (Wildman–Crippen MR) is 82.3 cm³/mol. The minimum atomic E-state index is -0.287. The third kappa shape index (κ3) is 3.62. The summed E-state index contributed by atoms with van der Waals surface area (Å²) in [6.07, 6.45) is 0.873. The highest BCUT2D eigenvalue weighted by Crippen LogP contribution is 2.27. The first-order chi connectivity index (χ1) is 9.61. The fraction of sp³-hybridized carbons (Fsp3) is 0.231. The Balaban J connectivity index is 2.11. The number of benzene rings is 1. The molecule has 0 aliphatic carbocycles. The average molecular weight is 331 g/mol. The van der Waals surface area contributed by atoms with Crippen LogP contribution in [0.4, 0.5) is 5.69 Å². The number of anilines is 1. The Bertz CT molecular complexity index is 616. The van der Waals surface area contributed by atoms with Gasteiger partial charge in [-0.15, -0.1) is 0 Å². The summed E-state index contributed by atoms with van der Waals surface area (Å²) in [7, 11) is 0. The zero-order valence-electron chi connectivity index (χ0n) is 10.7. The molecule has 0 aliphatic rings. The summed E-state index contributed by atoms with van der Waals surface area (Å²) >= 11 is 12.9. The molecule has 1 amide bonds. The summed E-state index contributed by atoms with van der Waals surface area (Å²) in [5.74, 6) is 0.148. The van der Waals surface area contributed by atoms with E-state index in [2.05, 4.69) is 9.69 Å². The Morgan fingerprint density at radius 2 is 2.20 bits per heavy atom. The standard InChI is InChI=1S/C13H12Cl2N2O2S/c1-2-5-19-13-11(7-20-17-13)16-12(18)8-3-4-9(14)10(15)6-8/h3-4,6-7H,2,5H2,1H3,(H,16,18). The third-order valence-electron chi connectivity index (χ3n) is 2.41. The van der Waals surface area contributed by atoms with Gasteiger partial charge in [0.25, 0.3) is 5.91 Å².